The van der Waals surface area contributed by atoms with Crippen molar-refractivity contribution < 1.29 is 4.39 Å². The molecule has 0 radical (unpaired) electrons. The summed E-state index contributed by atoms with van der Waals surface area (Å²) in [6.45, 7) is 1.88. The van der Waals surface area contributed by atoms with Crippen molar-refractivity contribution >= 4 is 39.4 Å². The Kier molecular flexibility index (Phi) is 3.35. The standard InChI is InChI=1S/C11H10FN3S2/c1-6-5-17-11(14-6)15-9-3-2-7(10(13)16)4-8(9)12/h2-5H,1H3,(H2,13,16)(H,14,15). The first-order valence-corrected chi connectivity index (χ1v) is 6.13. The average Bonchev–Trinajstić information content (AvgIpc) is 2.67. The van der Waals surface area contributed by atoms with Gasteiger partial charge in [-0.2, -0.15) is 0 Å². The highest BCUT2D eigenvalue weighted by Gasteiger charge is 2.07. The molecule has 3 N–H and O–H groups in total. The van der Waals surface area contributed by atoms with Crippen LogP contribution in [0.25, 0.3) is 0 Å². The van der Waals surface area contributed by atoms with Gasteiger partial charge in [0, 0.05) is 10.9 Å². The number of aromatic nitrogens is 1. The number of nitrogens with zero attached hydrogens (tertiary/aromatic N) is 1. The normalized spacial score (nSPS) is 10.2. The summed E-state index contributed by atoms with van der Waals surface area (Å²) >= 11 is 6.20. The summed E-state index contributed by atoms with van der Waals surface area (Å²) in [5.74, 6) is -0.400. The third-order valence-electron chi connectivity index (χ3n) is 2.11. The van der Waals surface area contributed by atoms with Crippen molar-refractivity contribution in [1.82, 2.24) is 4.98 Å². The lowest BCUT2D eigenvalue weighted by molar-refractivity contribution is 0.631. The zero-order valence-electron chi connectivity index (χ0n) is 9.03. The SMILES string of the molecule is Cc1csc(Nc2ccc(C(N)=S)cc2F)n1. The van der Waals surface area contributed by atoms with Crippen LogP contribution in [0.15, 0.2) is 23.6 Å². The lowest BCUT2D eigenvalue weighted by Gasteiger charge is -2.05. The lowest BCUT2D eigenvalue weighted by atomic mass is 10.2. The average molecular weight is 267 g/mol. The molecule has 6 heteroatoms. The van der Waals surface area contributed by atoms with E-state index in [9.17, 15) is 4.39 Å². The van der Waals surface area contributed by atoms with E-state index in [1.165, 1.54) is 17.4 Å². The summed E-state index contributed by atoms with van der Waals surface area (Å²) in [6.07, 6.45) is 0. The fourth-order valence-corrected chi connectivity index (χ4v) is 2.12. The Bertz CT molecular complexity index is 566. The summed E-state index contributed by atoms with van der Waals surface area (Å²) in [5.41, 5.74) is 7.20. The van der Waals surface area contributed by atoms with Crippen LogP contribution in [0, 0.1) is 12.7 Å². The topological polar surface area (TPSA) is 50.9 Å². The van der Waals surface area contributed by atoms with Gasteiger partial charge in [-0.1, -0.05) is 12.2 Å². The molecule has 0 bridgehead atoms. The Balaban J connectivity index is 2.25. The van der Waals surface area contributed by atoms with E-state index < -0.39 is 5.82 Å². The maximum Gasteiger partial charge on any atom is 0.187 e. The molecule has 0 saturated heterocycles. The minimum atomic E-state index is -0.400. The van der Waals surface area contributed by atoms with Gasteiger partial charge in [-0.3, -0.25) is 0 Å². The van der Waals surface area contributed by atoms with E-state index in [1.807, 2.05) is 12.3 Å². The fraction of sp³-hybridized carbons (Fsp3) is 0.0909. The fourth-order valence-electron chi connectivity index (χ4n) is 1.30. The van der Waals surface area contributed by atoms with Crippen LogP contribution in [0.1, 0.15) is 11.3 Å². The Morgan fingerprint density at radius 1 is 1.53 bits per heavy atom. The van der Waals surface area contributed by atoms with Crippen LogP contribution in [0.2, 0.25) is 0 Å². The first kappa shape index (κ1) is 11.9. The monoisotopic (exact) mass is 267 g/mol. The predicted octanol–water partition coefficient (Wildman–Crippen LogP) is 2.97. The van der Waals surface area contributed by atoms with Crippen LogP contribution in [0.5, 0.6) is 0 Å². The van der Waals surface area contributed by atoms with E-state index in [1.54, 1.807) is 12.1 Å². The summed E-state index contributed by atoms with van der Waals surface area (Å²) in [4.78, 5) is 4.38. The third-order valence-corrected chi connectivity index (χ3v) is 3.23. The Hall–Kier alpha value is -1.53. The quantitative estimate of drug-likeness (QED) is 0.839. The number of anilines is 2. The van der Waals surface area contributed by atoms with E-state index >= 15 is 0 Å². The molecule has 0 fully saturated rings. The number of rotatable bonds is 3. The van der Waals surface area contributed by atoms with E-state index in [2.05, 4.69) is 10.3 Å². The maximum absolute atomic E-state index is 13.7. The molecule has 0 spiro atoms. The van der Waals surface area contributed by atoms with Crippen molar-refractivity contribution in [2.24, 2.45) is 5.73 Å². The minimum Gasteiger partial charge on any atom is -0.389 e. The number of halogens is 1. The van der Waals surface area contributed by atoms with Gasteiger partial charge in [0.05, 0.1) is 11.4 Å². The van der Waals surface area contributed by atoms with Gasteiger partial charge in [0.2, 0.25) is 0 Å². The van der Waals surface area contributed by atoms with Gasteiger partial charge in [0.25, 0.3) is 0 Å². The van der Waals surface area contributed by atoms with Gasteiger partial charge >= 0.3 is 0 Å². The second kappa shape index (κ2) is 4.77. The predicted molar refractivity (Wildman–Crippen MR) is 72.4 cm³/mol. The molecule has 0 unspecified atom stereocenters. The van der Waals surface area contributed by atoms with Crippen molar-refractivity contribution in [1.29, 1.82) is 0 Å². The summed E-state index contributed by atoms with van der Waals surface area (Å²) in [7, 11) is 0. The molecule has 2 aromatic rings. The molecular weight excluding hydrogens is 257 g/mol. The number of benzene rings is 1. The highest BCUT2D eigenvalue weighted by Crippen LogP contribution is 2.23. The molecule has 0 aliphatic heterocycles. The smallest absolute Gasteiger partial charge is 0.187 e. The Morgan fingerprint density at radius 3 is 2.82 bits per heavy atom. The highest BCUT2D eigenvalue weighted by atomic mass is 32.1. The number of nitrogens with one attached hydrogen (secondary N) is 1. The molecule has 1 aromatic heterocycles. The molecule has 0 atom stereocenters. The van der Waals surface area contributed by atoms with Crippen LogP contribution in [-0.2, 0) is 0 Å². The van der Waals surface area contributed by atoms with Crippen LogP contribution < -0.4 is 11.1 Å². The second-order valence-corrected chi connectivity index (χ2v) is 4.78. The molecule has 2 rings (SSSR count). The second-order valence-electron chi connectivity index (χ2n) is 3.48. The minimum absolute atomic E-state index is 0.181. The Labute approximate surface area is 107 Å². The van der Waals surface area contributed by atoms with Gasteiger partial charge in [0.1, 0.15) is 10.8 Å². The largest absolute Gasteiger partial charge is 0.389 e. The van der Waals surface area contributed by atoms with E-state index in [-0.39, 0.29) is 4.99 Å². The summed E-state index contributed by atoms with van der Waals surface area (Å²) in [6, 6.07) is 4.58. The zero-order valence-corrected chi connectivity index (χ0v) is 10.7. The highest BCUT2D eigenvalue weighted by molar-refractivity contribution is 7.80. The first-order chi connectivity index (χ1) is 8.06. The maximum atomic E-state index is 13.7. The zero-order chi connectivity index (χ0) is 12.4. The first-order valence-electron chi connectivity index (χ1n) is 4.85. The van der Waals surface area contributed by atoms with E-state index in [0.717, 1.165) is 5.69 Å². The molecule has 88 valence electrons. The van der Waals surface area contributed by atoms with Crippen LogP contribution in [0.4, 0.5) is 15.2 Å². The summed E-state index contributed by atoms with van der Waals surface area (Å²) < 4.78 is 13.7. The number of nitrogens with two attached hydrogens (primary N) is 1. The number of aryl methyl sites for hydroxylation is 1. The number of thiocarbonyl (C=S) groups is 1. The lowest BCUT2D eigenvalue weighted by Crippen LogP contribution is -2.09. The number of hydrogen-bond acceptors (Lipinski definition) is 4. The van der Waals surface area contributed by atoms with Crippen molar-refractivity contribution in [2.45, 2.75) is 6.92 Å². The van der Waals surface area contributed by atoms with Gasteiger partial charge in [0.15, 0.2) is 5.13 Å². The molecule has 0 aliphatic carbocycles. The van der Waals surface area contributed by atoms with Crippen molar-refractivity contribution in [3.8, 4) is 0 Å². The van der Waals surface area contributed by atoms with Crippen LogP contribution in [0.3, 0.4) is 0 Å². The van der Waals surface area contributed by atoms with Gasteiger partial charge in [-0.25, -0.2) is 9.37 Å². The molecule has 0 aliphatic rings. The molecule has 1 aromatic carbocycles. The van der Waals surface area contributed by atoms with Crippen LogP contribution >= 0.6 is 23.6 Å². The molecular formula is C11H10FN3S2. The van der Waals surface area contributed by atoms with Gasteiger partial charge in [-0.15, -0.1) is 11.3 Å². The third kappa shape index (κ3) is 2.78. The number of thiazole rings is 1. The van der Waals surface area contributed by atoms with Crippen LogP contribution in [-0.4, -0.2) is 9.97 Å². The molecule has 17 heavy (non-hydrogen) atoms. The van der Waals surface area contributed by atoms with E-state index in [4.69, 9.17) is 18.0 Å². The molecule has 1 heterocycles. The van der Waals surface area contributed by atoms with E-state index in [0.29, 0.717) is 16.4 Å². The van der Waals surface area contributed by atoms with Crippen molar-refractivity contribution in [2.75, 3.05) is 5.32 Å². The van der Waals surface area contributed by atoms with Gasteiger partial charge in [-0.05, 0) is 25.1 Å². The molecule has 0 saturated carbocycles. The Morgan fingerprint density at radius 2 is 2.29 bits per heavy atom. The summed E-state index contributed by atoms with van der Waals surface area (Å²) in [5, 5.41) is 5.46. The number of hydrogen-bond donors (Lipinski definition) is 2. The molecule has 3 nitrogen and oxygen atoms in total. The molecule has 0 amide bonds. The van der Waals surface area contributed by atoms with Crippen molar-refractivity contribution in [3.05, 3.63) is 40.7 Å². The van der Waals surface area contributed by atoms with Gasteiger partial charge < -0.3 is 11.1 Å². The van der Waals surface area contributed by atoms with Crippen molar-refractivity contribution in [3.63, 3.8) is 0 Å².